The van der Waals surface area contributed by atoms with E-state index in [1.165, 1.54) is 25.3 Å². The SMILES string of the molecule is COc1ccc([N+](=O)[O-])cc1NC(=O)C1(C)CC(=O)N=C2C=CC=CN21. The number of nitro groups is 1. The van der Waals surface area contributed by atoms with E-state index in [1.807, 2.05) is 0 Å². The Morgan fingerprint density at radius 1 is 1.42 bits per heavy atom. The summed E-state index contributed by atoms with van der Waals surface area (Å²) < 4.78 is 5.16. The third-order valence-electron chi connectivity index (χ3n) is 4.24. The number of ether oxygens (including phenoxy) is 1. The number of carbonyl (C=O) groups is 2. The lowest BCUT2D eigenvalue weighted by molar-refractivity contribution is -0.384. The molecule has 0 aromatic heterocycles. The molecule has 3 rings (SSSR count). The van der Waals surface area contributed by atoms with Gasteiger partial charge in [-0.3, -0.25) is 19.7 Å². The lowest BCUT2D eigenvalue weighted by atomic mass is 9.91. The first-order valence-corrected chi connectivity index (χ1v) is 7.75. The zero-order valence-electron chi connectivity index (χ0n) is 14.1. The fourth-order valence-electron chi connectivity index (χ4n) is 2.84. The lowest BCUT2D eigenvalue weighted by Crippen LogP contribution is -2.58. The van der Waals surface area contributed by atoms with Gasteiger partial charge in [0.1, 0.15) is 17.1 Å². The van der Waals surface area contributed by atoms with Gasteiger partial charge in [0.2, 0.25) is 0 Å². The summed E-state index contributed by atoms with van der Waals surface area (Å²) in [6.45, 7) is 1.61. The van der Waals surface area contributed by atoms with Crippen LogP contribution in [0, 0.1) is 10.1 Å². The maximum absolute atomic E-state index is 13.0. The van der Waals surface area contributed by atoms with E-state index < -0.39 is 22.3 Å². The number of benzene rings is 1. The van der Waals surface area contributed by atoms with Crippen molar-refractivity contribution in [2.24, 2.45) is 4.99 Å². The van der Waals surface area contributed by atoms with Crippen LogP contribution in [-0.2, 0) is 9.59 Å². The molecule has 2 aliphatic rings. The van der Waals surface area contributed by atoms with Crippen LogP contribution < -0.4 is 10.1 Å². The van der Waals surface area contributed by atoms with E-state index in [0.29, 0.717) is 5.84 Å². The first-order chi connectivity index (χ1) is 12.3. The molecule has 1 N–H and O–H groups in total. The van der Waals surface area contributed by atoms with Gasteiger partial charge >= 0.3 is 0 Å². The summed E-state index contributed by atoms with van der Waals surface area (Å²) in [5.74, 6) is -0.276. The molecular formula is C17H16N4O5. The first-order valence-electron chi connectivity index (χ1n) is 7.75. The van der Waals surface area contributed by atoms with Crippen LogP contribution in [0.5, 0.6) is 5.75 Å². The third-order valence-corrected chi connectivity index (χ3v) is 4.24. The highest BCUT2D eigenvalue weighted by atomic mass is 16.6. The Morgan fingerprint density at radius 2 is 2.19 bits per heavy atom. The molecule has 1 aromatic carbocycles. The Kier molecular flexibility index (Phi) is 4.29. The van der Waals surface area contributed by atoms with E-state index in [-0.39, 0.29) is 23.5 Å². The monoisotopic (exact) mass is 356 g/mol. The first kappa shape index (κ1) is 17.3. The average molecular weight is 356 g/mol. The molecule has 0 spiro atoms. The van der Waals surface area contributed by atoms with E-state index in [4.69, 9.17) is 4.74 Å². The van der Waals surface area contributed by atoms with Crippen LogP contribution in [-0.4, -0.2) is 40.1 Å². The van der Waals surface area contributed by atoms with E-state index in [2.05, 4.69) is 10.3 Å². The van der Waals surface area contributed by atoms with Gasteiger partial charge in [0.15, 0.2) is 0 Å². The Labute approximate surface area is 148 Å². The molecule has 1 atom stereocenters. The molecule has 0 fully saturated rings. The van der Waals surface area contributed by atoms with E-state index in [0.717, 1.165) is 0 Å². The highest BCUT2D eigenvalue weighted by molar-refractivity contribution is 6.12. The summed E-state index contributed by atoms with van der Waals surface area (Å²) in [6.07, 6.45) is 6.62. The number of nitrogens with zero attached hydrogens (tertiary/aromatic N) is 3. The van der Waals surface area contributed by atoms with E-state index in [9.17, 15) is 19.7 Å². The summed E-state index contributed by atoms with van der Waals surface area (Å²) in [4.78, 5) is 41.0. The molecule has 2 amide bonds. The van der Waals surface area contributed by atoms with Crippen LogP contribution >= 0.6 is 0 Å². The average Bonchev–Trinajstić information content (AvgIpc) is 2.61. The minimum atomic E-state index is -1.23. The van der Waals surface area contributed by atoms with Gasteiger partial charge in [-0.2, -0.15) is 4.99 Å². The summed E-state index contributed by atoms with van der Waals surface area (Å²) in [5.41, 5.74) is -1.26. The molecule has 0 saturated heterocycles. The second-order valence-electron chi connectivity index (χ2n) is 5.98. The van der Waals surface area contributed by atoms with Crippen LogP contribution in [0.2, 0.25) is 0 Å². The maximum atomic E-state index is 13.0. The normalized spacial score (nSPS) is 21.1. The quantitative estimate of drug-likeness (QED) is 0.652. The van der Waals surface area contributed by atoms with Crippen molar-refractivity contribution < 1.29 is 19.2 Å². The number of allylic oxidation sites excluding steroid dienone is 2. The molecule has 0 radical (unpaired) electrons. The van der Waals surface area contributed by atoms with Gasteiger partial charge in [-0.1, -0.05) is 6.08 Å². The fourth-order valence-corrected chi connectivity index (χ4v) is 2.84. The summed E-state index contributed by atoms with van der Waals surface area (Å²) in [7, 11) is 1.39. The Morgan fingerprint density at radius 3 is 2.88 bits per heavy atom. The standard InChI is InChI=1S/C17H16N4O5/c1-17(10-15(22)19-14-5-3-4-8-20(14)17)16(23)18-12-9-11(21(24)25)6-7-13(12)26-2/h3-9H,10H2,1-2H3,(H,18,23). The molecule has 134 valence electrons. The van der Waals surface area contributed by atoms with E-state index in [1.54, 1.807) is 36.3 Å². The van der Waals surface area contributed by atoms with Crippen LogP contribution in [0.1, 0.15) is 13.3 Å². The number of methoxy groups -OCH3 is 1. The number of hydrogen-bond acceptors (Lipinski definition) is 6. The van der Waals surface area contributed by atoms with Crippen LogP contribution in [0.25, 0.3) is 0 Å². The van der Waals surface area contributed by atoms with Crippen LogP contribution in [0.3, 0.4) is 0 Å². The number of anilines is 1. The molecule has 26 heavy (non-hydrogen) atoms. The Hall–Kier alpha value is -3.49. The number of nitrogens with one attached hydrogen (secondary N) is 1. The molecule has 9 heteroatoms. The molecule has 0 bridgehead atoms. The van der Waals surface area contributed by atoms with Crippen LogP contribution in [0.4, 0.5) is 11.4 Å². The van der Waals surface area contributed by atoms with Gasteiger partial charge in [-0.05, 0) is 25.1 Å². The Balaban J connectivity index is 1.95. The van der Waals surface area contributed by atoms with Crippen molar-refractivity contribution in [2.45, 2.75) is 18.9 Å². The van der Waals surface area contributed by atoms with Crippen molar-refractivity contribution in [1.82, 2.24) is 4.90 Å². The van der Waals surface area contributed by atoms with Crippen molar-refractivity contribution in [3.63, 3.8) is 0 Å². The zero-order valence-corrected chi connectivity index (χ0v) is 14.1. The minimum Gasteiger partial charge on any atom is -0.495 e. The highest BCUT2D eigenvalue weighted by Gasteiger charge is 2.45. The zero-order chi connectivity index (χ0) is 18.9. The van der Waals surface area contributed by atoms with Gasteiger partial charge in [-0.25, -0.2) is 0 Å². The number of carbonyl (C=O) groups excluding carboxylic acids is 2. The largest absolute Gasteiger partial charge is 0.495 e. The van der Waals surface area contributed by atoms with Crippen molar-refractivity contribution in [3.05, 3.63) is 52.7 Å². The number of fused-ring (bicyclic) bond motifs is 1. The van der Waals surface area contributed by atoms with Gasteiger partial charge in [0.05, 0.1) is 24.1 Å². The number of aliphatic imine (C=N–C) groups is 1. The molecule has 0 aliphatic carbocycles. The number of amidine groups is 1. The smallest absolute Gasteiger partial charge is 0.271 e. The van der Waals surface area contributed by atoms with Crippen molar-refractivity contribution >= 4 is 29.0 Å². The number of hydrogen-bond donors (Lipinski definition) is 1. The third kappa shape index (κ3) is 2.94. The number of non-ortho nitro benzene ring substituents is 1. The predicted molar refractivity (Wildman–Crippen MR) is 93.9 cm³/mol. The van der Waals surface area contributed by atoms with E-state index >= 15 is 0 Å². The van der Waals surface area contributed by atoms with Crippen LogP contribution in [0.15, 0.2) is 47.6 Å². The second kappa shape index (κ2) is 6.43. The Bertz CT molecular complexity index is 889. The number of nitro benzene ring substituents is 1. The number of rotatable bonds is 4. The molecule has 1 unspecified atom stereocenters. The highest BCUT2D eigenvalue weighted by Crippen LogP contribution is 2.33. The molecule has 1 aromatic rings. The molecule has 0 saturated carbocycles. The topological polar surface area (TPSA) is 114 Å². The maximum Gasteiger partial charge on any atom is 0.271 e. The van der Waals surface area contributed by atoms with Crippen molar-refractivity contribution in [3.8, 4) is 5.75 Å². The van der Waals surface area contributed by atoms with Gasteiger partial charge in [0.25, 0.3) is 17.5 Å². The summed E-state index contributed by atoms with van der Waals surface area (Å²) >= 11 is 0. The molecule has 9 nitrogen and oxygen atoms in total. The van der Waals surface area contributed by atoms with Gasteiger partial charge < -0.3 is 15.0 Å². The minimum absolute atomic E-state index is 0.127. The molecular weight excluding hydrogens is 340 g/mol. The summed E-state index contributed by atoms with van der Waals surface area (Å²) in [5, 5.41) is 13.6. The van der Waals surface area contributed by atoms with Gasteiger partial charge in [-0.15, -0.1) is 0 Å². The lowest BCUT2D eigenvalue weighted by Gasteiger charge is -2.41. The predicted octanol–water partition coefficient (Wildman–Crippen LogP) is 2.01. The van der Waals surface area contributed by atoms with Gasteiger partial charge in [0, 0.05) is 18.3 Å². The second-order valence-corrected chi connectivity index (χ2v) is 5.98. The van der Waals surface area contributed by atoms with Crippen molar-refractivity contribution in [2.75, 3.05) is 12.4 Å². The molecule has 2 heterocycles. The summed E-state index contributed by atoms with van der Waals surface area (Å²) in [6, 6.07) is 3.90. The molecule has 2 aliphatic heterocycles. The number of amides is 2. The fraction of sp³-hybridized carbons (Fsp3) is 0.235. The van der Waals surface area contributed by atoms with Crippen molar-refractivity contribution in [1.29, 1.82) is 0 Å².